The van der Waals surface area contributed by atoms with Gasteiger partial charge < -0.3 is 10.6 Å². The molecule has 2 nitrogen and oxygen atoms in total. The molecule has 0 unspecified atom stereocenters. The van der Waals surface area contributed by atoms with Gasteiger partial charge in [0.15, 0.2) is 0 Å². The Morgan fingerprint density at radius 2 is 1.88 bits per heavy atom. The average molecular weight is 244 g/mol. The lowest BCUT2D eigenvalue weighted by atomic mass is 9.90. The van der Waals surface area contributed by atoms with E-state index in [0.29, 0.717) is 6.04 Å². The molecule has 1 fully saturated rings. The van der Waals surface area contributed by atoms with Gasteiger partial charge in [-0.05, 0) is 56.7 Å². The van der Waals surface area contributed by atoms with Crippen molar-refractivity contribution in [2.75, 3.05) is 24.6 Å². The van der Waals surface area contributed by atoms with Crippen molar-refractivity contribution >= 4 is 11.8 Å². The molecule has 0 spiro atoms. The molecule has 0 saturated heterocycles. The van der Waals surface area contributed by atoms with Gasteiger partial charge in [-0.2, -0.15) is 11.8 Å². The maximum atomic E-state index is 5.96. The van der Waals surface area contributed by atoms with E-state index in [1.807, 2.05) is 0 Å². The van der Waals surface area contributed by atoms with E-state index in [9.17, 15) is 0 Å². The van der Waals surface area contributed by atoms with Gasteiger partial charge in [0.2, 0.25) is 0 Å². The van der Waals surface area contributed by atoms with Crippen molar-refractivity contribution < 1.29 is 0 Å². The molecule has 0 heterocycles. The van der Waals surface area contributed by atoms with Crippen LogP contribution in [0.4, 0.5) is 0 Å². The van der Waals surface area contributed by atoms with Crippen molar-refractivity contribution in [1.29, 1.82) is 0 Å². The van der Waals surface area contributed by atoms with E-state index in [2.05, 4.69) is 30.5 Å². The van der Waals surface area contributed by atoms with E-state index >= 15 is 0 Å². The van der Waals surface area contributed by atoms with Crippen LogP contribution in [0.1, 0.15) is 46.0 Å². The summed E-state index contributed by atoms with van der Waals surface area (Å²) in [7, 11) is 0. The molecule has 0 bridgehead atoms. The van der Waals surface area contributed by atoms with Crippen LogP contribution in [0.2, 0.25) is 0 Å². The van der Waals surface area contributed by atoms with Crippen molar-refractivity contribution in [1.82, 2.24) is 4.90 Å². The second kappa shape index (κ2) is 8.37. The third-order valence-electron chi connectivity index (χ3n) is 3.60. The molecule has 16 heavy (non-hydrogen) atoms. The normalized spacial score (nSPS) is 26.2. The first-order valence-corrected chi connectivity index (χ1v) is 8.00. The third kappa shape index (κ3) is 5.07. The minimum absolute atomic E-state index is 0.477. The van der Waals surface area contributed by atoms with Gasteiger partial charge in [0.1, 0.15) is 0 Å². The zero-order valence-electron chi connectivity index (χ0n) is 11.0. The molecule has 96 valence electrons. The van der Waals surface area contributed by atoms with Crippen LogP contribution in [0.15, 0.2) is 0 Å². The number of hydrogen-bond acceptors (Lipinski definition) is 3. The summed E-state index contributed by atoms with van der Waals surface area (Å²) in [6.07, 6.45) is 6.43. The summed E-state index contributed by atoms with van der Waals surface area (Å²) >= 11 is 2.06. The van der Waals surface area contributed by atoms with Gasteiger partial charge in [0.05, 0.1) is 0 Å². The Balaban J connectivity index is 2.19. The van der Waals surface area contributed by atoms with Crippen LogP contribution in [0, 0.1) is 0 Å². The SMILES string of the molecule is CCSCCCN(CC)C1CCC(N)CC1. The fourth-order valence-corrected chi connectivity index (χ4v) is 3.20. The first-order valence-electron chi connectivity index (χ1n) is 6.85. The van der Waals surface area contributed by atoms with E-state index in [1.54, 1.807) is 0 Å². The lowest BCUT2D eigenvalue weighted by Gasteiger charge is -2.35. The van der Waals surface area contributed by atoms with E-state index in [1.165, 1.54) is 56.7 Å². The highest BCUT2D eigenvalue weighted by Crippen LogP contribution is 2.22. The van der Waals surface area contributed by atoms with Crippen LogP contribution in [0.3, 0.4) is 0 Å². The Kier molecular flexibility index (Phi) is 7.50. The number of nitrogens with two attached hydrogens (primary N) is 1. The van der Waals surface area contributed by atoms with E-state index in [0.717, 1.165) is 6.04 Å². The number of nitrogens with zero attached hydrogens (tertiary/aromatic N) is 1. The topological polar surface area (TPSA) is 29.3 Å². The molecule has 0 aromatic heterocycles. The van der Waals surface area contributed by atoms with Crippen LogP contribution < -0.4 is 5.73 Å². The van der Waals surface area contributed by atoms with Crippen LogP contribution in [0.5, 0.6) is 0 Å². The van der Waals surface area contributed by atoms with Crippen LogP contribution in [-0.4, -0.2) is 41.6 Å². The Morgan fingerprint density at radius 1 is 1.19 bits per heavy atom. The first kappa shape index (κ1) is 14.3. The second-order valence-corrected chi connectivity index (χ2v) is 6.14. The van der Waals surface area contributed by atoms with Gasteiger partial charge >= 0.3 is 0 Å². The highest BCUT2D eigenvalue weighted by atomic mass is 32.2. The Hall–Kier alpha value is 0.270. The number of thioether (sulfide) groups is 1. The molecular weight excluding hydrogens is 216 g/mol. The molecule has 0 amide bonds. The smallest absolute Gasteiger partial charge is 0.00963 e. The van der Waals surface area contributed by atoms with Gasteiger partial charge in [0.25, 0.3) is 0 Å². The van der Waals surface area contributed by atoms with Crippen molar-refractivity contribution in [2.45, 2.75) is 58.0 Å². The average Bonchev–Trinajstić information content (AvgIpc) is 2.31. The third-order valence-corrected chi connectivity index (χ3v) is 4.59. The highest BCUT2D eigenvalue weighted by Gasteiger charge is 2.22. The summed E-state index contributed by atoms with van der Waals surface area (Å²) in [4.78, 5) is 2.67. The van der Waals surface area contributed by atoms with Gasteiger partial charge in [-0.25, -0.2) is 0 Å². The van der Waals surface area contributed by atoms with Crippen molar-refractivity contribution in [3.8, 4) is 0 Å². The van der Waals surface area contributed by atoms with Crippen molar-refractivity contribution in [2.24, 2.45) is 5.73 Å². The lowest BCUT2D eigenvalue weighted by molar-refractivity contribution is 0.157. The van der Waals surface area contributed by atoms with E-state index in [-0.39, 0.29) is 0 Å². The molecule has 0 aromatic rings. The molecule has 0 aliphatic heterocycles. The van der Waals surface area contributed by atoms with Crippen molar-refractivity contribution in [3.63, 3.8) is 0 Å². The van der Waals surface area contributed by atoms with Crippen LogP contribution in [0.25, 0.3) is 0 Å². The highest BCUT2D eigenvalue weighted by molar-refractivity contribution is 7.99. The summed E-state index contributed by atoms with van der Waals surface area (Å²) in [5, 5.41) is 0. The molecular formula is C13H28N2S. The molecule has 1 saturated carbocycles. The molecule has 1 rings (SSSR count). The van der Waals surface area contributed by atoms with Crippen molar-refractivity contribution in [3.05, 3.63) is 0 Å². The zero-order chi connectivity index (χ0) is 11.8. The van der Waals surface area contributed by atoms with E-state index < -0.39 is 0 Å². The summed E-state index contributed by atoms with van der Waals surface area (Å²) in [5.41, 5.74) is 5.96. The largest absolute Gasteiger partial charge is 0.328 e. The minimum Gasteiger partial charge on any atom is -0.328 e. The Labute approximate surface area is 105 Å². The second-order valence-electron chi connectivity index (χ2n) is 4.75. The van der Waals surface area contributed by atoms with Gasteiger partial charge in [0, 0.05) is 12.1 Å². The maximum absolute atomic E-state index is 5.96. The van der Waals surface area contributed by atoms with E-state index in [4.69, 9.17) is 5.73 Å². The molecule has 0 aromatic carbocycles. The molecule has 0 radical (unpaired) electrons. The minimum atomic E-state index is 0.477. The molecule has 3 heteroatoms. The number of rotatable bonds is 7. The summed E-state index contributed by atoms with van der Waals surface area (Å²) in [6, 6.07) is 1.29. The Bertz CT molecular complexity index is 167. The molecule has 1 aliphatic rings. The van der Waals surface area contributed by atoms with Gasteiger partial charge in [-0.15, -0.1) is 0 Å². The summed E-state index contributed by atoms with van der Waals surface area (Å²) in [5.74, 6) is 2.57. The predicted molar refractivity (Wildman–Crippen MR) is 75.1 cm³/mol. The standard InChI is InChI=1S/C13H28N2S/c1-3-15(10-5-11-16-4-2)13-8-6-12(14)7-9-13/h12-13H,3-11,14H2,1-2H3. The van der Waals surface area contributed by atoms with Crippen LogP contribution >= 0.6 is 11.8 Å². The molecule has 0 atom stereocenters. The zero-order valence-corrected chi connectivity index (χ0v) is 11.8. The lowest BCUT2D eigenvalue weighted by Crippen LogP contribution is -2.41. The summed E-state index contributed by atoms with van der Waals surface area (Å²) < 4.78 is 0. The fraction of sp³-hybridized carbons (Fsp3) is 1.00. The first-order chi connectivity index (χ1) is 7.77. The Morgan fingerprint density at radius 3 is 2.44 bits per heavy atom. The van der Waals surface area contributed by atoms with Crippen LogP contribution in [-0.2, 0) is 0 Å². The van der Waals surface area contributed by atoms with Gasteiger partial charge in [-0.1, -0.05) is 13.8 Å². The summed E-state index contributed by atoms with van der Waals surface area (Å²) in [6.45, 7) is 7.02. The predicted octanol–water partition coefficient (Wildman–Crippen LogP) is 2.72. The number of hydrogen-bond donors (Lipinski definition) is 1. The maximum Gasteiger partial charge on any atom is 0.00963 e. The molecule has 1 aliphatic carbocycles. The quantitative estimate of drug-likeness (QED) is 0.698. The monoisotopic (exact) mass is 244 g/mol. The molecule has 2 N–H and O–H groups in total. The fourth-order valence-electron chi connectivity index (χ4n) is 2.58. The van der Waals surface area contributed by atoms with Gasteiger partial charge in [-0.3, -0.25) is 0 Å².